The summed E-state index contributed by atoms with van der Waals surface area (Å²) >= 11 is 0. The fourth-order valence-electron chi connectivity index (χ4n) is 2.61. The van der Waals surface area contributed by atoms with Gasteiger partial charge in [-0.15, -0.1) is 0 Å². The maximum absolute atomic E-state index is 13.1. The van der Waals surface area contributed by atoms with Crippen molar-refractivity contribution < 1.29 is 41.0 Å². The van der Waals surface area contributed by atoms with Crippen LogP contribution in [0, 0.1) is 6.92 Å². The van der Waals surface area contributed by atoms with E-state index in [0.29, 0.717) is 12.3 Å². The average Bonchev–Trinajstić information content (AvgIpc) is 3.24. The van der Waals surface area contributed by atoms with E-state index in [4.69, 9.17) is 4.74 Å². The summed E-state index contributed by atoms with van der Waals surface area (Å²) in [4.78, 5) is 12.2. The van der Waals surface area contributed by atoms with Crippen molar-refractivity contribution in [1.29, 1.82) is 0 Å². The third-order valence-corrected chi connectivity index (χ3v) is 4.20. The van der Waals surface area contributed by atoms with E-state index < -0.39 is 48.6 Å². The Balaban J connectivity index is 1.86. The number of amides is 1. The fourth-order valence-corrected chi connectivity index (χ4v) is 2.61. The Hall–Kier alpha value is -3.09. The summed E-state index contributed by atoms with van der Waals surface area (Å²) in [5.74, 6) is -1.94. The summed E-state index contributed by atoms with van der Waals surface area (Å²) in [5, 5.41) is 16.2. The van der Waals surface area contributed by atoms with Crippen LogP contribution in [0.2, 0.25) is 0 Å². The summed E-state index contributed by atoms with van der Waals surface area (Å²) in [6.45, 7) is 0.632. The molecule has 1 N–H and O–H groups in total. The Bertz CT molecular complexity index is 967. The van der Waals surface area contributed by atoms with Crippen LogP contribution in [0.3, 0.4) is 0 Å². The van der Waals surface area contributed by atoms with Crippen molar-refractivity contribution in [3.63, 3.8) is 0 Å². The molecule has 1 aliphatic heterocycles. The zero-order valence-electron chi connectivity index (χ0n) is 15.2. The van der Waals surface area contributed by atoms with Gasteiger partial charge in [0.15, 0.2) is 12.3 Å². The van der Waals surface area contributed by atoms with E-state index in [1.54, 1.807) is 19.1 Å². The number of nitrogens with zero attached hydrogens (tertiary/aromatic N) is 4. The standard InChI is InChI=1S/C17H14F6N4O3/c1-10-2-4-11(5-3-10)26-14(8-12(25-26)16(18,19)20)30-9-13(28)27-15(29,6-7-24-27)17(21,22)23/h2-5,7-8,29H,6,9H2,1H3. The van der Waals surface area contributed by atoms with Crippen LogP contribution >= 0.6 is 0 Å². The molecule has 162 valence electrons. The van der Waals surface area contributed by atoms with E-state index in [1.165, 1.54) is 12.1 Å². The zero-order valence-corrected chi connectivity index (χ0v) is 15.2. The molecule has 0 saturated carbocycles. The van der Waals surface area contributed by atoms with Gasteiger partial charge in [-0.3, -0.25) is 4.79 Å². The molecule has 7 nitrogen and oxygen atoms in total. The summed E-state index contributed by atoms with van der Waals surface area (Å²) in [5.41, 5.74) is -3.89. The number of benzene rings is 1. The predicted octanol–water partition coefficient (Wildman–Crippen LogP) is 3.05. The van der Waals surface area contributed by atoms with Crippen molar-refractivity contribution in [3.8, 4) is 11.6 Å². The van der Waals surface area contributed by atoms with Crippen LogP contribution in [0.25, 0.3) is 5.69 Å². The quantitative estimate of drug-likeness (QED) is 0.748. The Morgan fingerprint density at radius 2 is 1.83 bits per heavy atom. The number of alkyl halides is 6. The Morgan fingerprint density at radius 3 is 2.40 bits per heavy atom. The molecule has 1 aliphatic rings. The van der Waals surface area contributed by atoms with Gasteiger partial charge in [0.1, 0.15) is 0 Å². The molecule has 1 aromatic carbocycles. The molecule has 1 aromatic heterocycles. The SMILES string of the molecule is Cc1ccc(-n2nc(C(F)(F)F)cc2OCC(=O)N2N=CCC2(O)C(F)(F)F)cc1. The molecule has 0 spiro atoms. The number of aromatic nitrogens is 2. The molecule has 13 heteroatoms. The van der Waals surface area contributed by atoms with Crippen molar-refractivity contribution in [2.75, 3.05) is 6.61 Å². The van der Waals surface area contributed by atoms with Crippen LogP contribution in [-0.2, 0) is 11.0 Å². The number of aryl methyl sites for hydroxylation is 1. The van der Waals surface area contributed by atoms with E-state index in [1.807, 2.05) is 0 Å². The van der Waals surface area contributed by atoms with Crippen molar-refractivity contribution in [2.45, 2.75) is 31.4 Å². The van der Waals surface area contributed by atoms with Gasteiger partial charge in [-0.2, -0.15) is 41.6 Å². The molecule has 0 saturated heterocycles. The van der Waals surface area contributed by atoms with Crippen LogP contribution in [0.1, 0.15) is 17.7 Å². The minimum Gasteiger partial charge on any atom is -0.467 e. The average molecular weight is 436 g/mol. The predicted molar refractivity (Wildman–Crippen MR) is 89.8 cm³/mol. The number of carbonyl (C=O) groups is 1. The fraction of sp³-hybridized carbons (Fsp3) is 0.353. The highest BCUT2D eigenvalue weighted by atomic mass is 19.4. The van der Waals surface area contributed by atoms with Crippen molar-refractivity contribution >= 4 is 12.1 Å². The molecular weight excluding hydrogens is 422 g/mol. The maximum atomic E-state index is 13.1. The van der Waals surface area contributed by atoms with Crippen LogP contribution in [0.4, 0.5) is 26.3 Å². The third kappa shape index (κ3) is 3.97. The molecule has 0 fully saturated rings. The number of rotatable bonds is 4. The zero-order chi connectivity index (χ0) is 22.3. The first-order valence-corrected chi connectivity index (χ1v) is 8.34. The largest absolute Gasteiger partial charge is 0.467 e. The van der Waals surface area contributed by atoms with Gasteiger partial charge < -0.3 is 9.84 Å². The number of carbonyl (C=O) groups excluding carboxylic acids is 1. The van der Waals surface area contributed by atoms with E-state index >= 15 is 0 Å². The van der Waals surface area contributed by atoms with E-state index in [0.717, 1.165) is 10.2 Å². The molecule has 1 unspecified atom stereocenters. The van der Waals surface area contributed by atoms with Gasteiger partial charge >= 0.3 is 12.4 Å². The molecule has 1 amide bonds. The summed E-state index contributed by atoms with van der Waals surface area (Å²) in [6, 6.07) is 6.61. The lowest BCUT2D eigenvalue weighted by molar-refractivity contribution is -0.302. The van der Waals surface area contributed by atoms with Gasteiger partial charge in [0, 0.05) is 18.7 Å². The van der Waals surface area contributed by atoms with E-state index in [2.05, 4.69) is 10.2 Å². The second kappa shape index (κ2) is 7.31. The van der Waals surface area contributed by atoms with Gasteiger partial charge in [-0.25, -0.2) is 4.68 Å². The number of hydrogen-bond acceptors (Lipinski definition) is 5. The summed E-state index contributed by atoms with van der Waals surface area (Å²) in [6.07, 6.45) is -10.3. The normalized spacial score (nSPS) is 19.4. The van der Waals surface area contributed by atoms with Gasteiger partial charge in [-0.05, 0) is 19.1 Å². The number of ether oxygens (including phenoxy) is 1. The Morgan fingerprint density at radius 1 is 1.20 bits per heavy atom. The minimum atomic E-state index is -5.20. The van der Waals surface area contributed by atoms with Crippen molar-refractivity contribution in [2.24, 2.45) is 5.10 Å². The van der Waals surface area contributed by atoms with Crippen LogP contribution in [0.5, 0.6) is 5.88 Å². The van der Waals surface area contributed by atoms with Gasteiger partial charge in [0.25, 0.3) is 11.6 Å². The maximum Gasteiger partial charge on any atom is 0.438 e. The number of aliphatic hydroxyl groups is 1. The third-order valence-electron chi connectivity index (χ3n) is 4.20. The molecule has 0 aliphatic carbocycles. The smallest absolute Gasteiger partial charge is 0.438 e. The molecule has 1 atom stereocenters. The summed E-state index contributed by atoms with van der Waals surface area (Å²) < 4.78 is 84.2. The van der Waals surface area contributed by atoms with Crippen LogP contribution in [-0.4, -0.2) is 50.5 Å². The second-order valence-corrected chi connectivity index (χ2v) is 6.42. The highest BCUT2D eigenvalue weighted by Crippen LogP contribution is 2.38. The van der Waals surface area contributed by atoms with Gasteiger partial charge in [-0.1, -0.05) is 17.7 Å². The highest BCUT2D eigenvalue weighted by molar-refractivity contribution is 5.81. The summed E-state index contributed by atoms with van der Waals surface area (Å²) in [7, 11) is 0. The van der Waals surface area contributed by atoms with Crippen molar-refractivity contribution in [3.05, 3.63) is 41.6 Å². The monoisotopic (exact) mass is 436 g/mol. The lowest BCUT2D eigenvalue weighted by Gasteiger charge is -2.32. The Labute approximate surface area is 165 Å². The van der Waals surface area contributed by atoms with Gasteiger partial charge in [0.2, 0.25) is 5.88 Å². The first kappa shape index (κ1) is 21.6. The first-order chi connectivity index (χ1) is 13.8. The number of hydrazone groups is 1. The molecule has 2 aromatic rings. The first-order valence-electron chi connectivity index (χ1n) is 8.34. The van der Waals surface area contributed by atoms with Crippen molar-refractivity contribution in [1.82, 2.24) is 14.8 Å². The minimum absolute atomic E-state index is 0.171. The molecule has 3 rings (SSSR count). The number of halogens is 6. The highest BCUT2D eigenvalue weighted by Gasteiger charge is 2.61. The second-order valence-electron chi connectivity index (χ2n) is 6.42. The number of hydrogen-bond donors (Lipinski definition) is 1. The van der Waals surface area contributed by atoms with Gasteiger partial charge in [0.05, 0.1) is 5.69 Å². The molecule has 30 heavy (non-hydrogen) atoms. The molecule has 0 radical (unpaired) electrons. The lowest BCUT2D eigenvalue weighted by Crippen LogP contribution is -2.57. The van der Waals surface area contributed by atoms with Crippen LogP contribution < -0.4 is 4.74 Å². The van der Waals surface area contributed by atoms with Crippen LogP contribution in [0.15, 0.2) is 35.4 Å². The molecule has 0 bridgehead atoms. The lowest BCUT2D eigenvalue weighted by atomic mass is 10.1. The Kier molecular flexibility index (Phi) is 5.26. The van der Waals surface area contributed by atoms with E-state index in [-0.39, 0.29) is 10.7 Å². The topological polar surface area (TPSA) is 80.0 Å². The molecule has 2 heterocycles. The molecular formula is C17H14F6N4O3. The van der Waals surface area contributed by atoms with E-state index in [9.17, 15) is 36.2 Å².